The standard InChI is InChI=1S/C10H19NO/c1-2-3-4-5-6-10-7-8-11-9-12-10/h9-10H,2-8H2,1H3. The Balaban J connectivity index is 1.95. The second kappa shape index (κ2) is 6.04. The fourth-order valence-electron chi connectivity index (χ4n) is 1.48. The number of aliphatic imine (C=N–C) groups is 1. The van der Waals surface area contributed by atoms with Gasteiger partial charge in [-0.15, -0.1) is 0 Å². The Labute approximate surface area is 75.0 Å². The van der Waals surface area contributed by atoms with Crippen LogP contribution in [0.1, 0.15) is 45.4 Å². The highest BCUT2D eigenvalue weighted by molar-refractivity contribution is 5.47. The van der Waals surface area contributed by atoms with Crippen molar-refractivity contribution in [2.24, 2.45) is 4.99 Å². The molecule has 0 spiro atoms. The SMILES string of the molecule is CCCCCCC1CCN=CO1. The lowest BCUT2D eigenvalue weighted by atomic mass is 10.1. The van der Waals surface area contributed by atoms with E-state index in [0.29, 0.717) is 6.10 Å². The van der Waals surface area contributed by atoms with Crippen LogP contribution in [-0.4, -0.2) is 19.0 Å². The van der Waals surface area contributed by atoms with E-state index in [2.05, 4.69) is 11.9 Å². The normalized spacial score (nSPS) is 22.2. The average Bonchev–Trinajstić information content (AvgIpc) is 2.14. The molecule has 0 N–H and O–H groups in total. The van der Waals surface area contributed by atoms with Crippen LogP contribution in [0.15, 0.2) is 4.99 Å². The van der Waals surface area contributed by atoms with Crippen molar-refractivity contribution in [3.63, 3.8) is 0 Å². The lowest BCUT2D eigenvalue weighted by Crippen LogP contribution is -2.17. The zero-order valence-corrected chi connectivity index (χ0v) is 7.96. The second-order valence-corrected chi connectivity index (χ2v) is 3.41. The molecule has 1 rings (SSSR count). The molecule has 0 radical (unpaired) electrons. The Morgan fingerprint density at radius 1 is 1.42 bits per heavy atom. The molecule has 70 valence electrons. The quantitative estimate of drug-likeness (QED) is 0.580. The molecule has 2 heteroatoms. The molecule has 0 saturated carbocycles. The van der Waals surface area contributed by atoms with Crippen molar-refractivity contribution >= 4 is 6.40 Å². The van der Waals surface area contributed by atoms with Crippen LogP contribution >= 0.6 is 0 Å². The van der Waals surface area contributed by atoms with Gasteiger partial charge in [0.15, 0.2) is 6.40 Å². The van der Waals surface area contributed by atoms with Crippen LogP contribution in [0, 0.1) is 0 Å². The minimum atomic E-state index is 0.458. The summed E-state index contributed by atoms with van der Waals surface area (Å²) < 4.78 is 5.37. The number of hydrogen-bond donors (Lipinski definition) is 0. The van der Waals surface area contributed by atoms with Crippen LogP contribution in [0.2, 0.25) is 0 Å². The zero-order valence-electron chi connectivity index (χ0n) is 7.96. The lowest BCUT2D eigenvalue weighted by molar-refractivity contribution is 0.164. The van der Waals surface area contributed by atoms with E-state index in [9.17, 15) is 0 Å². The number of rotatable bonds is 5. The van der Waals surface area contributed by atoms with Gasteiger partial charge >= 0.3 is 0 Å². The molecule has 0 fully saturated rings. The molecule has 1 aliphatic heterocycles. The number of unbranched alkanes of at least 4 members (excludes halogenated alkanes) is 3. The topological polar surface area (TPSA) is 21.6 Å². The molecule has 1 aliphatic rings. The van der Waals surface area contributed by atoms with Gasteiger partial charge in [0.25, 0.3) is 0 Å². The highest BCUT2D eigenvalue weighted by Gasteiger charge is 2.10. The highest BCUT2D eigenvalue weighted by Crippen LogP contribution is 2.12. The third kappa shape index (κ3) is 3.74. The second-order valence-electron chi connectivity index (χ2n) is 3.41. The maximum atomic E-state index is 5.37. The first-order chi connectivity index (χ1) is 5.93. The summed E-state index contributed by atoms with van der Waals surface area (Å²) in [4.78, 5) is 4.02. The van der Waals surface area contributed by atoms with Gasteiger partial charge in [0, 0.05) is 13.0 Å². The van der Waals surface area contributed by atoms with E-state index in [1.54, 1.807) is 6.40 Å². The summed E-state index contributed by atoms with van der Waals surface area (Å²) in [7, 11) is 0. The van der Waals surface area contributed by atoms with Gasteiger partial charge in [-0.2, -0.15) is 0 Å². The van der Waals surface area contributed by atoms with Crippen molar-refractivity contribution in [3.05, 3.63) is 0 Å². The summed E-state index contributed by atoms with van der Waals surface area (Å²) in [6.45, 7) is 3.20. The molecule has 1 unspecified atom stereocenters. The fourth-order valence-corrected chi connectivity index (χ4v) is 1.48. The van der Waals surface area contributed by atoms with Crippen molar-refractivity contribution in [3.8, 4) is 0 Å². The Hall–Kier alpha value is -0.530. The number of ether oxygens (including phenoxy) is 1. The maximum Gasteiger partial charge on any atom is 0.169 e. The Morgan fingerprint density at radius 2 is 2.33 bits per heavy atom. The van der Waals surface area contributed by atoms with Crippen molar-refractivity contribution in [2.45, 2.75) is 51.6 Å². The predicted octanol–water partition coefficient (Wildman–Crippen LogP) is 2.77. The first-order valence-electron chi connectivity index (χ1n) is 5.07. The van der Waals surface area contributed by atoms with Gasteiger partial charge in [0.2, 0.25) is 0 Å². The molecule has 0 saturated heterocycles. The Kier molecular flexibility index (Phi) is 4.81. The molecule has 0 aromatic rings. The van der Waals surface area contributed by atoms with Gasteiger partial charge in [-0.25, -0.2) is 0 Å². The van der Waals surface area contributed by atoms with E-state index >= 15 is 0 Å². The monoisotopic (exact) mass is 169 g/mol. The van der Waals surface area contributed by atoms with Crippen molar-refractivity contribution < 1.29 is 4.74 Å². The van der Waals surface area contributed by atoms with Gasteiger partial charge in [-0.3, -0.25) is 4.99 Å². The van der Waals surface area contributed by atoms with Crippen molar-refractivity contribution in [1.29, 1.82) is 0 Å². The molecule has 0 aromatic carbocycles. The van der Waals surface area contributed by atoms with Gasteiger partial charge in [0.1, 0.15) is 6.10 Å². The van der Waals surface area contributed by atoms with Crippen molar-refractivity contribution in [1.82, 2.24) is 0 Å². The van der Waals surface area contributed by atoms with Gasteiger partial charge in [-0.05, 0) is 12.8 Å². The summed E-state index contributed by atoms with van der Waals surface area (Å²) in [6, 6.07) is 0. The molecule has 0 aliphatic carbocycles. The lowest BCUT2D eigenvalue weighted by Gasteiger charge is -2.18. The fraction of sp³-hybridized carbons (Fsp3) is 0.900. The summed E-state index contributed by atoms with van der Waals surface area (Å²) >= 11 is 0. The van der Waals surface area contributed by atoms with Crippen LogP contribution < -0.4 is 0 Å². The van der Waals surface area contributed by atoms with Crippen LogP contribution in [0.3, 0.4) is 0 Å². The van der Waals surface area contributed by atoms with Crippen LogP contribution in [0.4, 0.5) is 0 Å². The minimum absolute atomic E-state index is 0.458. The van der Waals surface area contributed by atoms with E-state index < -0.39 is 0 Å². The Morgan fingerprint density at radius 3 is 3.00 bits per heavy atom. The van der Waals surface area contributed by atoms with E-state index in [1.165, 1.54) is 32.1 Å². The summed E-state index contributed by atoms with van der Waals surface area (Å²) in [5, 5.41) is 0. The molecule has 12 heavy (non-hydrogen) atoms. The highest BCUT2D eigenvalue weighted by atomic mass is 16.5. The summed E-state index contributed by atoms with van der Waals surface area (Å²) in [5.74, 6) is 0. The molecule has 1 heterocycles. The number of hydrogen-bond acceptors (Lipinski definition) is 2. The first kappa shape index (κ1) is 9.56. The van der Waals surface area contributed by atoms with Gasteiger partial charge in [-0.1, -0.05) is 26.2 Å². The van der Waals surface area contributed by atoms with Crippen LogP contribution in [-0.2, 0) is 4.74 Å². The van der Waals surface area contributed by atoms with E-state index in [-0.39, 0.29) is 0 Å². The third-order valence-corrected chi connectivity index (χ3v) is 2.29. The van der Waals surface area contributed by atoms with Gasteiger partial charge in [0.05, 0.1) is 0 Å². The van der Waals surface area contributed by atoms with E-state index in [0.717, 1.165) is 13.0 Å². The largest absolute Gasteiger partial charge is 0.480 e. The van der Waals surface area contributed by atoms with Crippen LogP contribution in [0.25, 0.3) is 0 Å². The molecular weight excluding hydrogens is 150 g/mol. The smallest absolute Gasteiger partial charge is 0.169 e. The molecular formula is C10H19NO. The van der Waals surface area contributed by atoms with E-state index in [4.69, 9.17) is 4.74 Å². The molecule has 0 amide bonds. The summed E-state index contributed by atoms with van der Waals surface area (Å²) in [5.41, 5.74) is 0. The molecule has 0 aromatic heterocycles. The zero-order chi connectivity index (χ0) is 8.65. The minimum Gasteiger partial charge on any atom is -0.480 e. The average molecular weight is 169 g/mol. The van der Waals surface area contributed by atoms with Crippen LogP contribution in [0.5, 0.6) is 0 Å². The number of nitrogens with zero attached hydrogens (tertiary/aromatic N) is 1. The summed E-state index contributed by atoms with van der Waals surface area (Å²) in [6.07, 6.45) is 9.75. The van der Waals surface area contributed by atoms with Crippen molar-refractivity contribution in [2.75, 3.05) is 6.54 Å². The molecule has 0 bridgehead atoms. The molecule has 2 nitrogen and oxygen atoms in total. The predicted molar refractivity (Wildman–Crippen MR) is 51.6 cm³/mol. The van der Waals surface area contributed by atoms with E-state index in [1.807, 2.05) is 0 Å². The Bertz CT molecular complexity index is 134. The third-order valence-electron chi connectivity index (χ3n) is 2.29. The first-order valence-corrected chi connectivity index (χ1v) is 5.07. The molecule has 1 atom stereocenters. The maximum absolute atomic E-state index is 5.37. The van der Waals surface area contributed by atoms with Gasteiger partial charge < -0.3 is 4.74 Å².